The molecule has 1 amide bonds. The molecule has 0 fully saturated rings. The van der Waals surface area contributed by atoms with E-state index < -0.39 is 0 Å². The van der Waals surface area contributed by atoms with E-state index in [1.165, 1.54) is 10.9 Å². The highest BCUT2D eigenvalue weighted by molar-refractivity contribution is 9.10. The van der Waals surface area contributed by atoms with E-state index in [0.29, 0.717) is 11.4 Å². The number of hydrogen-bond donors (Lipinski definition) is 1. The van der Waals surface area contributed by atoms with E-state index in [2.05, 4.69) is 33.3 Å². The number of rotatable bonds is 4. The summed E-state index contributed by atoms with van der Waals surface area (Å²) >= 11 is 3.39. The van der Waals surface area contributed by atoms with E-state index in [1.54, 1.807) is 7.05 Å². The van der Waals surface area contributed by atoms with Crippen molar-refractivity contribution >= 4 is 27.5 Å². The fourth-order valence-electron chi connectivity index (χ4n) is 1.84. The molecule has 0 unspecified atom stereocenters. The number of nitrogens with one attached hydrogen (secondary N) is 1. The number of anilines is 1. The van der Waals surface area contributed by atoms with Crippen LogP contribution in [0.3, 0.4) is 0 Å². The Bertz CT molecular complexity index is 637. The average Bonchev–Trinajstić information content (AvgIpc) is 2.74. The first-order chi connectivity index (χ1) is 9.52. The zero-order valence-electron chi connectivity index (χ0n) is 11.3. The smallest absolute Gasteiger partial charge is 0.277 e. The van der Waals surface area contributed by atoms with Crippen molar-refractivity contribution in [1.82, 2.24) is 9.78 Å². The Morgan fingerprint density at radius 2 is 2.30 bits per heavy atom. The predicted molar refractivity (Wildman–Crippen MR) is 80.9 cm³/mol. The molecule has 20 heavy (non-hydrogen) atoms. The van der Waals surface area contributed by atoms with Gasteiger partial charge >= 0.3 is 0 Å². The number of amides is 1. The summed E-state index contributed by atoms with van der Waals surface area (Å²) in [5.41, 5.74) is 2.09. The molecule has 105 valence electrons. The second kappa shape index (κ2) is 6.09. The van der Waals surface area contributed by atoms with E-state index in [9.17, 15) is 4.79 Å². The van der Waals surface area contributed by atoms with Gasteiger partial charge in [0.2, 0.25) is 0 Å². The van der Waals surface area contributed by atoms with Crippen molar-refractivity contribution in [2.24, 2.45) is 7.05 Å². The van der Waals surface area contributed by atoms with Gasteiger partial charge in [0.05, 0.1) is 12.8 Å². The van der Waals surface area contributed by atoms with Gasteiger partial charge in [0.25, 0.3) is 5.91 Å². The van der Waals surface area contributed by atoms with Crippen LogP contribution in [0.2, 0.25) is 0 Å². The number of carbonyl (C=O) groups is 1. The third kappa shape index (κ3) is 3.01. The highest BCUT2D eigenvalue weighted by Crippen LogP contribution is 2.23. The minimum absolute atomic E-state index is 0.239. The molecule has 2 aromatic rings. The summed E-state index contributed by atoms with van der Waals surface area (Å²) in [4.78, 5) is 12.3. The molecule has 0 aliphatic heterocycles. The van der Waals surface area contributed by atoms with Gasteiger partial charge in [0.15, 0.2) is 11.4 Å². The van der Waals surface area contributed by atoms with E-state index >= 15 is 0 Å². The van der Waals surface area contributed by atoms with Gasteiger partial charge in [-0.3, -0.25) is 9.48 Å². The summed E-state index contributed by atoms with van der Waals surface area (Å²) in [6.07, 6.45) is 1.51. The van der Waals surface area contributed by atoms with Gasteiger partial charge in [-0.05, 0) is 37.6 Å². The lowest BCUT2D eigenvalue weighted by atomic mass is 10.2. The molecule has 6 heteroatoms. The predicted octanol–water partition coefficient (Wildman–Crippen LogP) is 2.96. The van der Waals surface area contributed by atoms with Gasteiger partial charge in [-0.15, -0.1) is 0 Å². The van der Waals surface area contributed by atoms with Crippen LogP contribution in [0.4, 0.5) is 5.69 Å². The van der Waals surface area contributed by atoms with Gasteiger partial charge in [0, 0.05) is 17.2 Å². The SMILES string of the molecule is [CH2]COc1cnn(C)c1C(=O)Nc1ccc(Br)cc1C. The van der Waals surface area contributed by atoms with Crippen molar-refractivity contribution < 1.29 is 9.53 Å². The number of hydrogen-bond acceptors (Lipinski definition) is 3. The first kappa shape index (κ1) is 14.6. The van der Waals surface area contributed by atoms with E-state index in [-0.39, 0.29) is 12.5 Å². The maximum Gasteiger partial charge on any atom is 0.277 e. The van der Waals surface area contributed by atoms with Gasteiger partial charge in [0.1, 0.15) is 0 Å². The van der Waals surface area contributed by atoms with Crippen LogP contribution in [0, 0.1) is 13.8 Å². The third-order valence-corrected chi connectivity index (χ3v) is 3.31. The number of halogens is 1. The largest absolute Gasteiger partial charge is 0.489 e. The lowest BCUT2D eigenvalue weighted by Gasteiger charge is -2.10. The zero-order valence-corrected chi connectivity index (χ0v) is 12.9. The summed E-state index contributed by atoms with van der Waals surface area (Å²) in [6.45, 7) is 5.77. The first-order valence-corrected chi connectivity index (χ1v) is 6.83. The zero-order chi connectivity index (χ0) is 14.7. The number of ether oxygens (including phenoxy) is 1. The van der Waals surface area contributed by atoms with Gasteiger partial charge in [-0.25, -0.2) is 0 Å². The maximum atomic E-state index is 12.3. The fraction of sp³-hybridized carbons (Fsp3) is 0.214. The average molecular weight is 337 g/mol. The summed E-state index contributed by atoms with van der Waals surface area (Å²) in [7, 11) is 1.69. The standard InChI is InChI=1S/C14H15BrN3O2/c1-4-20-12-8-16-18(3)13(12)14(19)17-11-6-5-10(15)7-9(11)2/h5-8H,1,4H2,2-3H3,(H,17,19). The topological polar surface area (TPSA) is 56.2 Å². The van der Waals surface area contributed by atoms with Crippen molar-refractivity contribution in [2.75, 3.05) is 11.9 Å². The van der Waals surface area contributed by atoms with Crippen LogP contribution < -0.4 is 10.1 Å². The molecule has 0 aliphatic carbocycles. The Labute approximate surface area is 126 Å². The molecule has 2 rings (SSSR count). The molecule has 1 aromatic carbocycles. The molecule has 0 spiro atoms. The Hall–Kier alpha value is -1.82. The van der Waals surface area contributed by atoms with E-state index in [4.69, 9.17) is 4.74 Å². The minimum atomic E-state index is -0.265. The quantitative estimate of drug-likeness (QED) is 0.933. The Balaban J connectivity index is 2.26. The molecule has 0 bridgehead atoms. The van der Waals surface area contributed by atoms with Crippen molar-refractivity contribution in [3.63, 3.8) is 0 Å². The molecular formula is C14H15BrN3O2. The van der Waals surface area contributed by atoms with Crippen LogP contribution in [0.15, 0.2) is 28.9 Å². The van der Waals surface area contributed by atoms with Crippen LogP contribution >= 0.6 is 15.9 Å². The number of aromatic nitrogens is 2. The van der Waals surface area contributed by atoms with Crippen molar-refractivity contribution in [3.8, 4) is 5.75 Å². The van der Waals surface area contributed by atoms with Crippen LogP contribution in [-0.4, -0.2) is 22.3 Å². The molecule has 0 saturated heterocycles. The second-order valence-corrected chi connectivity index (χ2v) is 5.16. The highest BCUT2D eigenvalue weighted by Gasteiger charge is 2.18. The Kier molecular flexibility index (Phi) is 4.44. The van der Waals surface area contributed by atoms with Gasteiger partial charge in [-0.2, -0.15) is 5.10 Å². The number of aryl methyl sites for hydroxylation is 2. The van der Waals surface area contributed by atoms with Gasteiger partial charge < -0.3 is 10.1 Å². The Morgan fingerprint density at radius 1 is 1.55 bits per heavy atom. The number of carbonyl (C=O) groups excluding carboxylic acids is 1. The first-order valence-electron chi connectivity index (χ1n) is 6.04. The molecule has 0 atom stereocenters. The summed E-state index contributed by atoms with van der Waals surface area (Å²) < 4.78 is 7.75. The van der Waals surface area contributed by atoms with Crippen LogP contribution in [-0.2, 0) is 7.05 Å². The molecule has 0 saturated carbocycles. The fourth-order valence-corrected chi connectivity index (χ4v) is 2.32. The van der Waals surface area contributed by atoms with Crippen molar-refractivity contribution in [2.45, 2.75) is 6.92 Å². The molecule has 0 aliphatic rings. The van der Waals surface area contributed by atoms with Crippen LogP contribution in [0.25, 0.3) is 0 Å². The van der Waals surface area contributed by atoms with Crippen molar-refractivity contribution in [1.29, 1.82) is 0 Å². The van der Waals surface area contributed by atoms with E-state index in [1.807, 2.05) is 25.1 Å². The normalized spacial score (nSPS) is 10.4. The maximum absolute atomic E-state index is 12.3. The van der Waals surface area contributed by atoms with Crippen molar-refractivity contribution in [3.05, 3.63) is 47.0 Å². The van der Waals surface area contributed by atoms with Crippen LogP contribution in [0.1, 0.15) is 16.1 Å². The summed E-state index contributed by atoms with van der Waals surface area (Å²) in [5, 5.41) is 6.89. The van der Waals surface area contributed by atoms with Gasteiger partial charge in [-0.1, -0.05) is 15.9 Å². The number of nitrogens with zero attached hydrogens (tertiary/aromatic N) is 2. The lowest BCUT2D eigenvalue weighted by Crippen LogP contribution is -2.18. The third-order valence-electron chi connectivity index (χ3n) is 2.81. The molecular weight excluding hydrogens is 322 g/mol. The summed E-state index contributed by atoms with van der Waals surface area (Å²) in [6, 6.07) is 5.65. The minimum Gasteiger partial charge on any atom is -0.489 e. The van der Waals surface area contributed by atoms with Crippen LogP contribution in [0.5, 0.6) is 5.75 Å². The molecule has 1 radical (unpaired) electrons. The summed E-state index contributed by atoms with van der Waals surface area (Å²) in [5.74, 6) is 0.161. The second-order valence-electron chi connectivity index (χ2n) is 4.24. The monoisotopic (exact) mass is 336 g/mol. The lowest BCUT2D eigenvalue weighted by molar-refractivity contribution is 0.101. The highest BCUT2D eigenvalue weighted by atomic mass is 79.9. The molecule has 1 aromatic heterocycles. The molecule has 5 nitrogen and oxygen atoms in total. The van der Waals surface area contributed by atoms with E-state index in [0.717, 1.165) is 15.7 Å². The number of benzene rings is 1. The molecule has 1 N–H and O–H groups in total. The molecule has 1 heterocycles. The Morgan fingerprint density at radius 3 is 2.95 bits per heavy atom.